The van der Waals surface area contributed by atoms with Gasteiger partial charge in [-0.25, -0.2) is 0 Å². The van der Waals surface area contributed by atoms with Gasteiger partial charge in [-0.3, -0.25) is 0 Å². The third-order valence-corrected chi connectivity index (χ3v) is 5.03. The molecule has 0 bridgehead atoms. The van der Waals surface area contributed by atoms with Crippen LogP contribution < -0.4 is 0 Å². The molecule has 0 radical (unpaired) electrons. The van der Waals surface area contributed by atoms with E-state index in [9.17, 15) is 10.4 Å². The summed E-state index contributed by atoms with van der Waals surface area (Å²) in [5.74, 6) is 0.514. The molecule has 18 heavy (non-hydrogen) atoms. The Kier molecular flexibility index (Phi) is 3.70. The topological polar surface area (TPSA) is 44.0 Å². The smallest absolute Gasteiger partial charge is 0.105 e. The van der Waals surface area contributed by atoms with Gasteiger partial charge >= 0.3 is 0 Å². The van der Waals surface area contributed by atoms with Crippen molar-refractivity contribution in [2.75, 3.05) is 0 Å². The largest absolute Gasteiger partial charge is 0.384 e. The van der Waals surface area contributed by atoms with Crippen molar-refractivity contribution in [1.29, 1.82) is 5.26 Å². The summed E-state index contributed by atoms with van der Waals surface area (Å²) in [4.78, 5) is 0. The van der Waals surface area contributed by atoms with E-state index < -0.39 is 11.0 Å². The number of rotatable bonds is 2. The van der Waals surface area contributed by atoms with E-state index in [2.05, 4.69) is 35.6 Å². The monoisotopic (exact) mass is 355 g/mol. The standard InChI is InChI=1S/C15H18INO/c1-11-7-8-15(9-11,10-17)14(2,18)12-3-5-13(16)6-4-12/h3-6,11,18H,7-9H2,1-2H3. The second-order valence-corrected chi connectivity index (χ2v) is 6.87. The van der Waals surface area contributed by atoms with Crippen molar-refractivity contribution in [3.8, 4) is 6.07 Å². The average Bonchev–Trinajstić information content (AvgIpc) is 2.73. The predicted octanol–water partition coefficient (Wildman–Crippen LogP) is 3.83. The van der Waals surface area contributed by atoms with Gasteiger partial charge in [-0.1, -0.05) is 19.1 Å². The van der Waals surface area contributed by atoms with Gasteiger partial charge < -0.3 is 5.11 Å². The van der Waals surface area contributed by atoms with Crippen LogP contribution in [0.15, 0.2) is 24.3 Å². The second-order valence-electron chi connectivity index (χ2n) is 5.62. The third kappa shape index (κ3) is 2.17. The minimum atomic E-state index is -1.07. The van der Waals surface area contributed by atoms with E-state index in [0.717, 1.165) is 28.4 Å². The van der Waals surface area contributed by atoms with E-state index in [1.165, 1.54) is 0 Å². The zero-order valence-electron chi connectivity index (χ0n) is 10.8. The summed E-state index contributed by atoms with van der Waals surface area (Å²) in [5.41, 5.74) is -0.866. The molecule has 0 amide bonds. The molecule has 2 nitrogen and oxygen atoms in total. The van der Waals surface area contributed by atoms with Crippen molar-refractivity contribution >= 4 is 22.6 Å². The number of aliphatic hydroxyl groups is 1. The molecule has 0 heterocycles. The Labute approximate surface area is 122 Å². The van der Waals surface area contributed by atoms with Crippen molar-refractivity contribution in [2.24, 2.45) is 11.3 Å². The molecule has 96 valence electrons. The van der Waals surface area contributed by atoms with Crippen molar-refractivity contribution in [3.05, 3.63) is 33.4 Å². The summed E-state index contributed by atoms with van der Waals surface area (Å²) in [6, 6.07) is 10.2. The SMILES string of the molecule is CC1CCC(C#N)(C(C)(O)c2ccc(I)cc2)C1. The van der Waals surface area contributed by atoms with E-state index >= 15 is 0 Å². The Morgan fingerprint density at radius 2 is 2.06 bits per heavy atom. The normalized spacial score (nSPS) is 30.7. The maximum Gasteiger partial charge on any atom is 0.105 e. The lowest BCUT2D eigenvalue weighted by Gasteiger charge is -2.38. The van der Waals surface area contributed by atoms with Crippen LogP contribution in [0.5, 0.6) is 0 Å². The Morgan fingerprint density at radius 1 is 1.44 bits per heavy atom. The van der Waals surface area contributed by atoms with Crippen molar-refractivity contribution in [3.63, 3.8) is 0 Å². The number of hydrogen-bond acceptors (Lipinski definition) is 2. The molecule has 3 heteroatoms. The van der Waals surface area contributed by atoms with Crippen LogP contribution in [-0.4, -0.2) is 5.11 Å². The second kappa shape index (κ2) is 4.82. The maximum atomic E-state index is 10.9. The Hall–Kier alpha value is -0.600. The molecule has 1 aromatic carbocycles. The third-order valence-electron chi connectivity index (χ3n) is 4.31. The molecule has 2 rings (SSSR count). The van der Waals surface area contributed by atoms with Crippen LogP contribution >= 0.6 is 22.6 Å². The molecule has 1 N–H and O–H groups in total. The minimum Gasteiger partial charge on any atom is -0.384 e. The first-order valence-corrected chi connectivity index (χ1v) is 7.39. The summed E-state index contributed by atoms with van der Waals surface area (Å²) in [6.45, 7) is 3.94. The first-order valence-electron chi connectivity index (χ1n) is 6.31. The van der Waals surface area contributed by atoms with Crippen LogP contribution in [0, 0.1) is 26.2 Å². The summed E-state index contributed by atoms with van der Waals surface area (Å²) in [5, 5.41) is 20.5. The van der Waals surface area contributed by atoms with Crippen LogP contribution in [0.25, 0.3) is 0 Å². The van der Waals surface area contributed by atoms with Crippen LogP contribution in [0.4, 0.5) is 0 Å². The summed E-state index contributed by atoms with van der Waals surface area (Å²) in [7, 11) is 0. The van der Waals surface area contributed by atoms with Gasteiger partial charge in [-0.15, -0.1) is 0 Å². The van der Waals surface area contributed by atoms with Crippen molar-refractivity contribution < 1.29 is 5.11 Å². The molecular formula is C15H18INO. The van der Waals surface area contributed by atoms with Gasteiger partial charge in [-0.2, -0.15) is 5.26 Å². The number of hydrogen-bond donors (Lipinski definition) is 1. The quantitative estimate of drug-likeness (QED) is 0.820. The highest BCUT2D eigenvalue weighted by molar-refractivity contribution is 14.1. The highest BCUT2D eigenvalue weighted by atomic mass is 127. The molecule has 3 unspecified atom stereocenters. The fourth-order valence-electron chi connectivity index (χ4n) is 3.00. The van der Waals surface area contributed by atoms with Crippen LogP contribution in [-0.2, 0) is 5.60 Å². The van der Waals surface area contributed by atoms with E-state index in [4.69, 9.17) is 0 Å². The number of benzene rings is 1. The zero-order chi connectivity index (χ0) is 13.4. The first kappa shape index (κ1) is 13.8. The zero-order valence-corrected chi connectivity index (χ0v) is 12.9. The molecule has 0 aliphatic heterocycles. The lowest BCUT2D eigenvalue weighted by Crippen LogP contribution is -2.41. The van der Waals surface area contributed by atoms with E-state index in [-0.39, 0.29) is 0 Å². The van der Waals surface area contributed by atoms with Gasteiger partial charge in [0.1, 0.15) is 5.60 Å². The Balaban J connectivity index is 2.41. The minimum absolute atomic E-state index is 0.514. The first-order chi connectivity index (χ1) is 8.41. The highest BCUT2D eigenvalue weighted by Crippen LogP contribution is 2.52. The lowest BCUT2D eigenvalue weighted by molar-refractivity contribution is -0.0438. The summed E-state index contributed by atoms with van der Waals surface area (Å²) in [6.07, 6.45) is 2.58. The van der Waals surface area contributed by atoms with Gasteiger partial charge in [0.25, 0.3) is 0 Å². The van der Waals surface area contributed by atoms with E-state index in [1.54, 1.807) is 6.92 Å². The Morgan fingerprint density at radius 3 is 2.50 bits per heavy atom. The number of halogens is 1. The molecule has 3 atom stereocenters. The summed E-state index contributed by atoms with van der Waals surface area (Å²) < 4.78 is 1.14. The fourth-order valence-corrected chi connectivity index (χ4v) is 3.35. The molecule has 0 spiro atoms. The molecular weight excluding hydrogens is 337 g/mol. The van der Waals surface area contributed by atoms with Gasteiger partial charge in [0, 0.05) is 3.57 Å². The average molecular weight is 355 g/mol. The summed E-state index contributed by atoms with van der Waals surface area (Å²) >= 11 is 2.24. The molecule has 1 saturated carbocycles. The predicted molar refractivity (Wildman–Crippen MR) is 79.8 cm³/mol. The highest BCUT2D eigenvalue weighted by Gasteiger charge is 2.52. The van der Waals surface area contributed by atoms with Crippen LogP contribution in [0.2, 0.25) is 0 Å². The van der Waals surface area contributed by atoms with Crippen molar-refractivity contribution in [2.45, 2.75) is 38.7 Å². The number of nitriles is 1. The van der Waals surface area contributed by atoms with Crippen LogP contribution in [0.1, 0.15) is 38.7 Å². The van der Waals surface area contributed by atoms with Gasteiger partial charge in [0.05, 0.1) is 11.5 Å². The maximum absolute atomic E-state index is 10.9. The molecule has 1 fully saturated rings. The van der Waals surface area contributed by atoms with Crippen LogP contribution in [0.3, 0.4) is 0 Å². The Bertz CT molecular complexity index is 474. The molecule has 1 aromatic rings. The molecule has 0 aromatic heterocycles. The van der Waals surface area contributed by atoms with Gasteiger partial charge in [0.2, 0.25) is 0 Å². The molecule has 1 aliphatic carbocycles. The van der Waals surface area contributed by atoms with Gasteiger partial charge in [0.15, 0.2) is 0 Å². The molecule has 1 aliphatic rings. The fraction of sp³-hybridized carbons (Fsp3) is 0.533. The van der Waals surface area contributed by atoms with E-state index in [1.807, 2.05) is 24.3 Å². The molecule has 0 saturated heterocycles. The number of nitrogens with zero attached hydrogens (tertiary/aromatic N) is 1. The van der Waals surface area contributed by atoms with E-state index in [0.29, 0.717) is 5.92 Å². The van der Waals surface area contributed by atoms with Gasteiger partial charge in [-0.05, 0) is 72.4 Å². The van der Waals surface area contributed by atoms with Crippen molar-refractivity contribution in [1.82, 2.24) is 0 Å². The lowest BCUT2D eigenvalue weighted by atomic mass is 9.68.